The smallest absolute Gasteiger partial charge is 0.335 e. The number of aromatic nitrogens is 5. The van der Waals surface area contributed by atoms with E-state index >= 15 is 0 Å². The second-order valence-electron chi connectivity index (χ2n) is 8.08. The van der Waals surface area contributed by atoms with Crippen molar-refractivity contribution in [3.63, 3.8) is 0 Å². The second kappa shape index (κ2) is 11.9. The Bertz CT molecular complexity index is 1580. The molecule has 0 spiro atoms. The lowest BCUT2D eigenvalue weighted by molar-refractivity contribution is -0.123. The lowest BCUT2D eigenvalue weighted by Gasteiger charge is -2.18. The summed E-state index contributed by atoms with van der Waals surface area (Å²) in [5.41, 5.74) is 0.691. The number of nitrogens with one attached hydrogen (secondary N) is 3. The standard InChI is InChI=1S/C25H19ClFN7O5/c26-18-7-8-20(34-13-29-32-33-34)17(23(18)27)6-10-22(36)31-19(11-14-1-9-21(35)28-12-14)24(37)30-16-4-2-15(3-5-16)25(38)39/h1-10,12-13,19H,11H2,(H,28,35)(H,30,37)(H,31,36)(H,38,39). The molecule has 2 aromatic heterocycles. The monoisotopic (exact) mass is 551 g/mol. The number of anilines is 1. The molecule has 2 amide bonds. The largest absolute Gasteiger partial charge is 0.478 e. The van der Waals surface area contributed by atoms with E-state index < -0.39 is 29.6 Å². The third-order valence-electron chi connectivity index (χ3n) is 5.43. The number of pyridine rings is 1. The minimum absolute atomic E-state index is 0.00317. The maximum Gasteiger partial charge on any atom is 0.335 e. The van der Waals surface area contributed by atoms with Gasteiger partial charge >= 0.3 is 5.97 Å². The summed E-state index contributed by atoms with van der Waals surface area (Å²) in [4.78, 5) is 50.9. The van der Waals surface area contributed by atoms with Crippen LogP contribution in [0.15, 0.2) is 71.9 Å². The third-order valence-corrected chi connectivity index (χ3v) is 5.72. The second-order valence-corrected chi connectivity index (χ2v) is 8.49. The van der Waals surface area contributed by atoms with E-state index in [4.69, 9.17) is 16.7 Å². The molecule has 0 bridgehead atoms. The van der Waals surface area contributed by atoms with Crippen LogP contribution in [0, 0.1) is 5.82 Å². The molecule has 1 atom stereocenters. The number of carbonyl (C=O) groups is 3. The van der Waals surface area contributed by atoms with E-state index in [2.05, 4.69) is 31.1 Å². The number of halogens is 2. The molecule has 0 saturated carbocycles. The number of aromatic carboxylic acids is 1. The van der Waals surface area contributed by atoms with Crippen LogP contribution in [0.25, 0.3) is 11.8 Å². The first-order valence-corrected chi connectivity index (χ1v) is 11.6. The summed E-state index contributed by atoms with van der Waals surface area (Å²) in [6.45, 7) is 0. The number of carbonyl (C=O) groups excluding carboxylic acids is 2. The van der Waals surface area contributed by atoms with Crippen LogP contribution in [0.5, 0.6) is 0 Å². The van der Waals surface area contributed by atoms with E-state index in [1.165, 1.54) is 71.8 Å². The first-order chi connectivity index (χ1) is 18.7. The molecule has 0 aliphatic carbocycles. The van der Waals surface area contributed by atoms with E-state index in [1.807, 2.05) is 0 Å². The molecule has 2 heterocycles. The van der Waals surface area contributed by atoms with E-state index in [-0.39, 0.29) is 33.8 Å². The Balaban J connectivity index is 1.56. The van der Waals surface area contributed by atoms with Crippen molar-refractivity contribution in [2.24, 2.45) is 0 Å². The number of hydrogen-bond donors (Lipinski definition) is 4. The molecule has 0 aliphatic heterocycles. The number of nitrogens with zero attached hydrogens (tertiary/aromatic N) is 4. The number of tetrazole rings is 1. The average Bonchev–Trinajstić information content (AvgIpc) is 3.45. The molecule has 0 fully saturated rings. The van der Waals surface area contributed by atoms with Crippen LogP contribution in [-0.2, 0) is 16.0 Å². The van der Waals surface area contributed by atoms with Crippen LogP contribution in [-0.4, -0.2) is 54.1 Å². The summed E-state index contributed by atoms with van der Waals surface area (Å²) < 4.78 is 16.0. The fourth-order valence-corrected chi connectivity index (χ4v) is 3.67. The van der Waals surface area contributed by atoms with Crippen LogP contribution in [0.4, 0.5) is 10.1 Å². The van der Waals surface area contributed by atoms with Gasteiger partial charge in [-0.25, -0.2) is 9.18 Å². The van der Waals surface area contributed by atoms with Gasteiger partial charge in [-0.1, -0.05) is 17.7 Å². The van der Waals surface area contributed by atoms with Crippen molar-refractivity contribution in [3.8, 4) is 5.69 Å². The van der Waals surface area contributed by atoms with E-state index in [0.717, 1.165) is 6.08 Å². The number of H-pyrrole nitrogens is 1. The highest BCUT2D eigenvalue weighted by molar-refractivity contribution is 6.31. The van der Waals surface area contributed by atoms with Crippen molar-refractivity contribution in [2.45, 2.75) is 12.5 Å². The highest BCUT2D eigenvalue weighted by Crippen LogP contribution is 2.25. The van der Waals surface area contributed by atoms with E-state index in [0.29, 0.717) is 11.3 Å². The van der Waals surface area contributed by atoms with Gasteiger partial charge in [0.15, 0.2) is 5.82 Å². The van der Waals surface area contributed by atoms with Gasteiger partial charge in [-0.15, -0.1) is 5.10 Å². The van der Waals surface area contributed by atoms with Crippen LogP contribution < -0.4 is 16.2 Å². The molecule has 1 unspecified atom stereocenters. The maximum atomic E-state index is 14.8. The molecular weight excluding hydrogens is 533 g/mol. The summed E-state index contributed by atoms with van der Waals surface area (Å²) in [5, 5.41) is 24.8. The zero-order valence-electron chi connectivity index (χ0n) is 19.8. The molecule has 198 valence electrons. The van der Waals surface area contributed by atoms with Gasteiger partial charge in [0.2, 0.25) is 17.4 Å². The van der Waals surface area contributed by atoms with Gasteiger partial charge in [-0.2, -0.15) is 4.68 Å². The number of amides is 2. The Kier molecular flexibility index (Phi) is 8.21. The lowest BCUT2D eigenvalue weighted by Crippen LogP contribution is -2.44. The van der Waals surface area contributed by atoms with Crippen molar-refractivity contribution in [1.82, 2.24) is 30.5 Å². The lowest BCUT2D eigenvalue weighted by atomic mass is 10.1. The molecular formula is C25H19ClFN7O5. The molecule has 0 saturated heterocycles. The Labute approximate surface area is 224 Å². The van der Waals surface area contributed by atoms with Crippen molar-refractivity contribution < 1.29 is 23.9 Å². The number of hydrogen-bond acceptors (Lipinski definition) is 7. The number of carboxylic acids is 1. The predicted octanol–water partition coefficient (Wildman–Crippen LogP) is 2.22. The molecule has 0 aliphatic rings. The van der Waals surface area contributed by atoms with E-state index in [1.54, 1.807) is 0 Å². The molecule has 39 heavy (non-hydrogen) atoms. The molecule has 12 nitrogen and oxygen atoms in total. The normalized spacial score (nSPS) is 11.7. The van der Waals surface area contributed by atoms with Crippen molar-refractivity contribution in [3.05, 3.63) is 105 Å². The first kappa shape index (κ1) is 26.9. The number of benzene rings is 2. The molecule has 0 radical (unpaired) electrons. The van der Waals surface area contributed by atoms with Crippen molar-refractivity contribution in [1.29, 1.82) is 0 Å². The Morgan fingerprint density at radius 2 is 1.90 bits per heavy atom. The molecule has 4 N–H and O–H groups in total. The Morgan fingerprint density at radius 3 is 2.54 bits per heavy atom. The Morgan fingerprint density at radius 1 is 1.13 bits per heavy atom. The van der Waals surface area contributed by atoms with Crippen molar-refractivity contribution in [2.75, 3.05) is 5.32 Å². The van der Waals surface area contributed by atoms with Crippen molar-refractivity contribution >= 4 is 41.1 Å². The summed E-state index contributed by atoms with van der Waals surface area (Å²) in [7, 11) is 0. The minimum Gasteiger partial charge on any atom is -0.478 e. The fraction of sp³-hybridized carbons (Fsp3) is 0.0800. The predicted molar refractivity (Wildman–Crippen MR) is 138 cm³/mol. The molecule has 14 heteroatoms. The van der Waals surface area contributed by atoms with Gasteiger partial charge in [0.05, 0.1) is 16.3 Å². The zero-order chi connectivity index (χ0) is 27.9. The first-order valence-electron chi connectivity index (χ1n) is 11.2. The zero-order valence-corrected chi connectivity index (χ0v) is 20.6. The SMILES string of the molecule is O=C(C=Cc1c(-n2cnnn2)ccc(Cl)c1F)NC(Cc1ccc(=O)[nH]c1)C(=O)Nc1ccc(C(=O)O)cc1. The molecule has 4 aromatic rings. The van der Waals surface area contributed by atoms with Crippen LogP contribution in [0.3, 0.4) is 0 Å². The highest BCUT2D eigenvalue weighted by atomic mass is 35.5. The minimum atomic E-state index is -1.13. The number of aromatic amines is 1. The summed E-state index contributed by atoms with van der Waals surface area (Å²) in [5.74, 6) is -3.28. The van der Waals surface area contributed by atoms with Gasteiger partial charge in [0.1, 0.15) is 12.4 Å². The van der Waals surface area contributed by atoms with E-state index in [9.17, 15) is 23.6 Å². The summed E-state index contributed by atoms with van der Waals surface area (Å²) >= 11 is 5.91. The highest BCUT2D eigenvalue weighted by Gasteiger charge is 2.22. The quantitative estimate of drug-likeness (QED) is 0.229. The van der Waals surface area contributed by atoms with Crippen LogP contribution in [0.2, 0.25) is 5.02 Å². The third kappa shape index (κ3) is 6.78. The average molecular weight is 552 g/mol. The number of rotatable bonds is 9. The van der Waals surface area contributed by atoms with Crippen LogP contribution >= 0.6 is 11.6 Å². The molecule has 2 aromatic carbocycles. The van der Waals surface area contributed by atoms with Gasteiger partial charge in [0, 0.05) is 36.0 Å². The summed E-state index contributed by atoms with van der Waals surface area (Å²) in [6, 6.07) is 9.89. The summed E-state index contributed by atoms with van der Waals surface area (Å²) in [6.07, 6.45) is 4.85. The van der Waals surface area contributed by atoms with Crippen LogP contribution in [0.1, 0.15) is 21.5 Å². The van der Waals surface area contributed by atoms with Gasteiger partial charge in [-0.3, -0.25) is 14.4 Å². The van der Waals surface area contributed by atoms with Gasteiger partial charge < -0.3 is 20.7 Å². The Hall–Kier alpha value is -5.17. The molecule has 4 rings (SSSR count). The fourth-order valence-electron chi connectivity index (χ4n) is 3.51. The topological polar surface area (TPSA) is 172 Å². The number of carboxylic acid groups (broad SMARTS) is 1. The van der Waals surface area contributed by atoms with Gasteiger partial charge in [0.25, 0.3) is 0 Å². The van der Waals surface area contributed by atoms with Gasteiger partial charge in [-0.05, 0) is 58.5 Å². The maximum absolute atomic E-state index is 14.8.